The van der Waals surface area contributed by atoms with Crippen LogP contribution in [0.25, 0.3) is 22.2 Å². The molecular formula is C19H14N2O2S2. The number of aromatic nitrogens is 2. The van der Waals surface area contributed by atoms with Crippen LogP contribution < -0.4 is 0 Å². The van der Waals surface area contributed by atoms with Gasteiger partial charge in [-0.2, -0.15) is 4.37 Å². The van der Waals surface area contributed by atoms with Crippen LogP contribution in [0.4, 0.5) is 0 Å². The molecule has 25 heavy (non-hydrogen) atoms. The van der Waals surface area contributed by atoms with Gasteiger partial charge in [0.15, 0.2) is 5.82 Å². The van der Waals surface area contributed by atoms with Crippen molar-refractivity contribution in [2.24, 2.45) is 0 Å². The van der Waals surface area contributed by atoms with E-state index in [1.54, 1.807) is 24.3 Å². The van der Waals surface area contributed by atoms with Crippen molar-refractivity contribution in [1.82, 2.24) is 9.36 Å². The fourth-order valence-corrected chi connectivity index (χ4v) is 4.79. The monoisotopic (exact) mass is 366 g/mol. The quantitative estimate of drug-likeness (QED) is 0.536. The minimum Gasteiger partial charge on any atom is -0.216 e. The van der Waals surface area contributed by atoms with Gasteiger partial charge in [-0.25, -0.2) is 13.4 Å². The molecule has 6 heteroatoms. The summed E-state index contributed by atoms with van der Waals surface area (Å²) in [5, 5.41) is 2.07. The number of rotatable bonds is 3. The van der Waals surface area contributed by atoms with Crippen molar-refractivity contribution >= 4 is 32.1 Å². The molecule has 1 heterocycles. The van der Waals surface area contributed by atoms with Crippen LogP contribution in [0.1, 0.15) is 5.56 Å². The summed E-state index contributed by atoms with van der Waals surface area (Å²) in [6.45, 7) is 1.92. The first-order valence-electron chi connectivity index (χ1n) is 7.69. The number of hydrogen-bond donors (Lipinski definition) is 0. The van der Waals surface area contributed by atoms with Crippen molar-refractivity contribution in [2.75, 3.05) is 0 Å². The average Bonchev–Trinajstić information content (AvgIpc) is 3.12. The highest BCUT2D eigenvalue weighted by Gasteiger charge is 2.23. The normalized spacial score (nSPS) is 11.7. The number of aryl methyl sites for hydroxylation is 1. The zero-order valence-electron chi connectivity index (χ0n) is 13.4. The van der Waals surface area contributed by atoms with Crippen molar-refractivity contribution in [3.8, 4) is 11.4 Å². The number of nitrogens with zero attached hydrogens (tertiary/aromatic N) is 2. The summed E-state index contributed by atoms with van der Waals surface area (Å²) in [7, 11) is -3.65. The molecule has 0 radical (unpaired) electrons. The number of hydrogen-bond acceptors (Lipinski definition) is 5. The van der Waals surface area contributed by atoms with E-state index in [9.17, 15) is 8.42 Å². The predicted molar refractivity (Wildman–Crippen MR) is 99.5 cm³/mol. The molecule has 0 aliphatic heterocycles. The van der Waals surface area contributed by atoms with Crippen LogP contribution in [-0.2, 0) is 9.84 Å². The van der Waals surface area contributed by atoms with Gasteiger partial charge in [0.25, 0.3) is 0 Å². The molecule has 4 nitrogen and oxygen atoms in total. The second kappa shape index (κ2) is 6.06. The Kier molecular flexibility index (Phi) is 3.86. The van der Waals surface area contributed by atoms with Gasteiger partial charge in [0.05, 0.1) is 4.90 Å². The molecule has 0 spiro atoms. The maximum absolute atomic E-state index is 12.8. The Morgan fingerprint density at radius 1 is 0.880 bits per heavy atom. The summed E-state index contributed by atoms with van der Waals surface area (Å²) in [5.41, 5.74) is 1.84. The van der Waals surface area contributed by atoms with E-state index in [0.717, 1.165) is 33.4 Å². The Hall–Kier alpha value is -2.57. The van der Waals surface area contributed by atoms with Gasteiger partial charge >= 0.3 is 0 Å². The zero-order valence-corrected chi connectivity index (χ0v) is 15.0. The van der Waals surface area contributed by atoms with Gasteiger partial charge in [0, 0.05) is 5.56 Å². The lowest BCUT2D eigenvalue weighted by molar-refractivity contribution is 0.595. The highest BCUT2D eigenvalue weighted by Crippen LogP contribution is 2.30. The summed E-state index contributed by atoms with van der Waals surface area (Å²) < 4.78 is 29.8. The van der Waals surface area contributed by atoms with Crippen molar-refractivity contribution in [3.05, 3.63) is 72.3 Å². The van der Waals surface area contributed by atoms with Crippen LogP contribution in [0.3, 0.4) is 0 Å². The average molecular weight is 366 g/mol. The van der Waals surface area contributed by atoms with Crippen LogP contribution in [-0.4, -0.2) is 17.8 Å². The zero-order chi connectivity index (χ0) is 17.4. The highest BCUT2D eigenvalue weighted by atomic mass is 32.2. The van der Waals surface area contributed by atoms with E-state index in [4.69, 9.17) is 0 Å². The van der Waals surface area contributed by atoms with Crippen LogP contribution in [0.2, 0.25) is 0 Å². The van der Waals surface area contributed by atoms with Crippen molar-refractivity contribution in [3.63, 3.8) is 0 Å². The first kappa shape index (κ1) is 15.9. The first-order valence-corrected chi connectivity index (χ1v) is 9.95. The maximum atomic E-state index is 12.8. The lowest BCUT2D eigenvalue weighted by Crippen LogP contribution is -2.01. The topological polar surface area (TPSA) is 59.9 Å². The second-order valence-electron chi connectivity index (χ2n) is 5.73. The minimum absolute atomic E-state index is 0.0132. The lowest BCUT2D eigenvalue weighted by atomic mass is 10.0. The molecule has 0 aliphatic carbocycles. The molecule has 0 bridgehead atoms. The summed E-state index contributed by atoms with van der Waals surface area (Å²) in [6, 6.07) is 20.5. The van der Waals surface area contributed by atoms with Gasteiger partial charge in [0.1, 0.15) is 0 Å². The molecule has 0 atom stereocenters. The second-order valence-corrected chi connectivity index (χ2v) is 8.60. The van der Waals surface area contributed by atoms with Crippen molar-refractivity contribution in [2.45, 2.75) is 16.2 Å². The van der Waals surface area contributed by atoms with Crippen molar-refractivity contribution < 1.29 is 8.42 Å². The molecule has 0 N–H and O–H groups in total. The van der Waals surface area contributed by atoms with Crippen LogP contribution >= 0.6 is 11.5 Å². The van der Waals surface area contributed by atoms with Gasteiger partial charge in [-0.15, -0.1) is 0 Å². The number of fused-ring (bicyclic) bond motifs is 1. The summed E-state index contributed by atoms with van der Waals surface area (Å²) in [4.78, 5) is 4.56. The van der Waals surface area contributed by atoms with E-state index in [1.807, 2.05) is 49.4 Å². The fourth-order valence-electron chi connectivity index (χ4n) is 2.67. The van der Waals surface area contributed by atoms with Crippen molar-refractivity contribution in [1.29, 1.82) is 0 Å². The Bertz CT molecular complexity index is 1160. The van der Waals surface area contributed by atoms with E-state index in [-0.39, 0.29) is 9.24 Å². The van der Waals surface area contributed by atoms with E-state index < -0.39 is 9.84 Å². The Labute approximate surface area is 149 Å². The standard InChI is InChI=1S/C19H14N2O2S2/c1-13-9-11-15(12-10-13)25(22,23)19-20-18(21-24-19)17-8-4-6-14-5-2-3-7-16(14)17/h2-12H,1H3. The first-order chi connectivity index (χ1) is 12.1. The molecule has 1 aromatic heterocycles. The van der Waals surface area contributed by atoms with E-state index in [0.29, 0.717) is 5.82 Å². The molecule has 4 rings (SSSR count). The Balaban J connectivity index is 1.81. The number of benzene rings is 3. The van der Waals surface area contributed by atoms with E-state index in [2.05, 4.69) is 9.36 Å². The largest absolute Gasteiger partial charge is 0.235 e. The molecule has 0 aliphatic rings. The Morgan fingerprint density at radius 2 is 1.60 bits per heavy atom. The predicted octanol–water partition coefficient (Wildman–Crippen LogP) is 4.50. The van der Waals surface area contributed by atoms with Gasteiger partial charge in [-0.1, -0.05) is 60.2 Å². The highest BCUT2D eigenvalue weighted by molar-refractivity contribution is 7.93. The fraction of sp³-hybridized carbons (Fsp3) is 0.0526. The summed E-state index contributed by atoms with van der Waals surface area (Å²) in [5.74, 6) is 0.437. The number of sulfone groups is 1. The lowest BCUT2D eigenvalue weighted by Gasteiger charge is -2.02. The van der Waals surface area contributed by atoms with Gasteiger partial charge in [-0.3, -0.25) is 0 Å². The van der Waals surface area contributed by atoms with E-state index >= 15 is 0 Å². The third-order valence-electron chi connectivity index (χ3n) is 4.00. The third kappa shape index (κ3) is 2.83. The summed E-state index contributed by atoms with van der Waals surface area (Å²) in [6.07, 6.45) is 0. The van der Waals surface area contributed by atoms with Gasteiger partial charge in [0.2, 0.25) is 14.2 Å². The van der Waals surface area contributed by atoms with E-state index in [1.165, 1.54) is 0 Å². The molecule has 0 amide bonds. The SMILES string of the molecule is Cc1ccc(S(=O)(=O)c2nc(-c3cccc4ccccc34)ns2)cc1. The molecular weight excluding hydrogens is 352 g/mol. The Morgan fingerprint density at radius 3 is 2.40 bits per heavy atom. The molecule has 4 aromatic rings. The molecule has 0 saturated carbocycles. The van der Waals surface area contributed by atoms with Crippen LogP contribution in [0.5, 0.6) is 0 Å². The van der Waals surface area contributed by atoms with Gasteiger partial charge in [-0.05, 0) is 41.4 Å². The maximum Gasteiger partial charge on any atom is 0.235 e. The molecule has 0 fully saturated rings. The van der Waals surface area contributed by atoms with Crippen LogP contribution in [0.15, 0.2) is 76.0 Å². The minimum atomic E-state index is -3.65. The smallest absolute Gasteiger partial charge is 0.216 e. The summed E-state index contributed by atoms with van der Waals surface area (Å²) >= 11 is 0.910. The molecule has 3 aromatic carbocycles. The van der Waals surface area contributed by atoms with Gasteiger partial charge < -0.3 is 0 Å². The van der Waals surface area contributed by atoms with Crippen LogP contribution in [0, 0.1) is 6.92 Å². The molecule has 0 saturated heterocycles. The third-order valence-corrected chi connectivity index (χ3v) is 6.84. The molecule has 124 valence electrons. The molecule has 0 unspecified atom stereocenters.